The Morgan fingerprint density at radius 3 is 1.94 bits per heavy atom. The van der Waals surface area contributed by atoms with Crippen LogP contribution in [0.4, 0.5) is 0 Å². The van der Waals surface area contributed by atoms with E-state index in [1.165, 1.54) is 11.3 Å². The molecular formula is C43H29N5O. The third-order valence-electron chi connectivity index (χ3n) is 9.81. The Hall–Kier alpha value is -6.40. The average molecular weight is 632 g/mol. The summed E-state index contributed by atoms with van der Waals surface area (Å²) in [5.74, 6) is 2.91. The van der Waals surface area contributed by atoms with Crippen molar-refractivity contribution < 1.29 is 4.42 Å². The molecule has 232 valence electrons. The molecule has 0 amide bonds. The van der Waals surface area contributed by atoms with E-state index in [9.17, 15) is 0 Å². The first kappa shape index (κ1) is 27.7. The molecule has 0 saturated carbocycles. The van der Waals surface area contributed by atoms with E-state index in [-0.39, 0.29) is 5.41 Å². The molecule has 49 heavy (non-hydrogen) atoms. The van der Waals surface area contributed by atoms with Crippen LogP contribution in [0.1, 0.15) is 25.2 Å². The number of hydrogen-bond acceptors (Lipinski definition) is 5. The Balaban J connectivity index is 1.18. The molecule has 9 aromatic rings. The second-order valence-electron chi connectivity index (χ2n) is 13.1. The molecule has 0 N–H and O–H groups in total. The highest BCUT2D eigenvalue weighted by molar-refractivity contribution is 6.13. The van der Waals surface area contributed by atoms with Crippen LogP contribution in [0.2, 0.25) is 0 Å². The van der Waals surface area contributed by atoms with Gasteiger partial charge in [0, 0.05) is 33.0 Å². The minimum atomic E-state index is -0.200. The minimum absolute atomic E-state index is 0.200. The predicted octanol–water partition coefficient (Wildman–Crippen LogP) is 10.4. The highest BCUT2D eigenvalue weighted by Gasteiger charge is 2.38. The van der Waals surface area contributed by atoms with Crippen molar-refractivity contribution in [2.24, 2.45) is 0 Å². The van der Waals surface area contributed by atoms with Crippen molar-refractivity contribution in [1.82, 2.24) is 24.5 Å². The number of benzene rings is 6. The van der Waals surface area contributed by atoms with Crippen LogP contribution in [0.5, 0.6) is 0 Å². The van der Waals surface area contributed by atoms with Gasteiger partial charge in [-0.25, -0.2) is 19.9 Å². The number of nitrogens with zero attached hydrogens (tertiary/aromatic N) is 5. The number of para-hydroxylation sites is 2. The van der Waals surface area contributed by atoms with Gasteiger partial charge in [-0.15, -0.1) is 0 Å². The summed E-state index contributed by atoms with van der Waals surface area (Å²) in [6.07, 6.45) is 0. The first-order valence-corrected chi connectivity index (χ1v) is 16.5. The summed E-state index contributed by atoms with van der Waals surface area (Å²) in [5.41, 5.74) is 10.9. The zero-order valence-electron chi connectivity index (χ0n) is 26.9. The molecular weight excluding hydrogens is 603 g/mol. The number of fused-ring (bicyclic) bond motifs is 8. The normalized spacial score (nSPS) is 13.3. The van der Waals surface area contributed by atoms with E-state index in [0.717, 1.165) is 66.6 Å². The van der Waals surface area contributed by atoms with E-state index in [1.54, 1.807) is 0 Å². The fourth-order valence-corrected chi connectivity index (χ4v) is 7.42. The van der Waals surface area contributed by atoms with Crippen molar-refractivity contribution in [3.63, 3.8) is 0 Å². The molecule has 1 aliphatic rings. The highest BCUT2D eigenvalue weighted by Crippen LogP contribution is 2.46. The maximum absolute atomic E-state index is 6.45. The first-order valence-electron chi connectivity index (χ1n) is 16.5. The number of aromatic nitrogens is 5. The van der Waals surface area contributed by atoms with Gasteiger partial charge in [0.2, 0.25) is 0 Å². The SMILES string of the molecule is CC1(C)c2ccccc2-n2c1nc1c(-c3ccc4oc5cccc(-c6nc(-c7ccccc7)nc(-c7ccccc7)n6)c5c4c3)cccc12. The lowest BCUT2D eigenvalue weighted by molar-refractivity contribution is 0.621. The summed E-state index contributed by atoms with van der Waals surface area (Å²) in [7, 11) is 0. The number of imidazole rings is 1. The molecule has 0 spiro atoms. The van der Waals surface area contributed by atoms with E-state index in [1.807, 2.05) is 72.8 Å². The molecule has 3 aromatic heterocycles. The summed E-state index contributed by atoms with van der Waals surface area (Å²) in [6, 6.07) is 47.7. The van der Waals surface area contributed by atoms with E-state index in [0.29, 0.717) is 17.5 Å². The molecule has 0 fully saturated rings. The minimum Gasteiger partial charge on any atom is -0.456 e. The number of hydrogen-bond donors (Lipinski definition) is 0. The van der Waals surface area contributed by atoms with Crippen LogP contribution < -0.4 is 0 Å². The lowest BCUT2D eigenvalue weighted by atomic mass is 9.85. The van der Waals surface area contributed by atoms with Crippen LogP contribution in [0.25, 0.3) is 83.9 Å². The molecule has 6 heteroatoms. The van der Waals surface area contributed by atoms with Gasteiger partial charge >= 0.3 is 0 Å². The standard InChI is InChI=1S/C43H29N5O/c1-43(2)32-19-9-10-20-33(32)48-34-21-11-17-29(38(34)44-42(43)48)28-23-24-35-31(25-28)37-30(18-12-22-36(37)49-35)41-46-39(26-13-5-3-6-14-26)45-40(47-41)27-15-7-4-8-16-27/h3-25H,1-2H3. The van der Waals surface area contributed by atoms with E-state index in [4.69, 9.17) is 24.4 Å². The van der Waals surface area contributed by atoms with Crippen LogP contribution in [0.15, 0.2) is 144 Å². The molecule has 0 radical (unpaired) electrons. The maximum Gasteiger partial charge on any atom is 0.164 e. The Labute approximate surface area is 282 Å². The smallest absolute Gasteiger partial charge is 0.164 e. The lowest BCUT2D eigenvalue weighted by Gasteiger charge is -2.17. The summed E-state index contributed by atoms with van der Waals surface area (Å²) < 4.78 is 8.77. The monoisotopic (exact) mass is 631 g/mol. The summed E-state index contributed by atoms with van der Waals surface area (Å²) in [4.78, 5) is 20.3. The predicted molar refractivity (Wildman–Crippen MR) is 196 cm³/mol. The second-order valence-corrected chi connectivity index (χ2v) is 13.1. The van der Waals surface area contributed by atoms with Crippen LogP contribution >= 0.6 is 0 Å². The van der Waals surface area contributed by atoms with Gasteiger partial charge < -0.3 is 4.42 Å². The Kier molecular flexibility index (Phi) is 5.82. The lowest BCUT2D eigenvalue weighted by Crippen LogP contribution is -2.16. The highest BCUT2D eigenvalue weighted by atomic mass is 16.3. The zero-order chi connectivity index (χ0) is 32.7. The molecule has 1 aliphatic heterocycles. The fourth-order valence-electron chi connectivity index (χ4n) is 7.42. The zero-order valence-corrected chi connectivity index (χ0v) is 26.9. The molecule has 0 atom stereocenters. The molecule has 10 rings (SSSR count). The summed E-state index contributed by atoms with van der Waals surface area (Å²) in [5, 5.41) is 1.97. The topological polar surface area (TPSA) is 69.6 Å². The first-order chi connectivity index (χ1) is 24.0. The van der Waals surface area contributed by atoms with Gasteiger partial charge in [0.1, 0.15) is 17.0 Å². The molecule has 0 bridgehead atoms. The Morgan fingerprint density at radius 2 is 1.18 bits per heavy atom. The van der Waals surface area contributed by atoms with Gasteiger partial charge in [-0.1, -0.05) is 109 Å². The van der Waals surface area contributed by atoms with Crippen LogP contribution in [0.3, 0.4) is 0 Å². The van der Waals surface area contributed by atoms with E-state index < -0.39 is 0 Å². The maximum atomic E-state index is 6.45. The third kappa shape index (κ3) is 4.14. The van der Waals surface area contributed by atoms with Crippen molar-refractivity contribution in [2.45, 2.75) is 19.3 Å². The van der Waals surface area contributed by atoms with Crippen LogP contribution in [0, 0.1) is 0 Å². The van der Waals surface area contributed by atoms with E-state index in [2.05, 4.69) is 85.1 Å². The average Bonchev–Trinajstić information content (AvgIpc) is 3.80. The molecule has 6 aromatic carbocycles. The summed E-state index contributed by atoms with van der Waals surface area (Å²) >= 11 is 0. The quantitative estimate of drug-likeness (QED) is 0.193. The fraction of sp³-hybridized carbons (Fsp3) is 0.0698. The van der Waals surface area contributed by atoms with Gasteiger partial charge in [-0.05, 0) is 55.3 Å². The number of rotatable bonds is 4. The molecule has 6 nitrogen and oxygen atoms in total. The largest absolute Gasteiger partial charge is 0.456 e. The van der Waals surface area contributed by atoms with Crippen molar-refractivity contribution in [3.05, 3.63) is 151 Å². The van der Waals surface area contributed by atoms with Crippen molar-refractivity contribution in [3.8, 4) is 51.0 Å². The van der Waals surface area contributed by atoms with Crippen LogP contribution in [-0.4, -0.2) is 24.5 Å². The summed E-state index contributed by atoms with van der Waals surface area (Å²) in [6.45, 7) is 4.52. The number of furan rings is 1. The molecule has 0 aliphatic carbocycles. The van der Waals surface area contributed by atoms with Crippen molar-refractivity contribution in [1.29, 1.82) is 0 Å². The van der Waals surface area contributed by atoms with Gasteiger partial charge in [0.25, 0.3) is 0 Å². The van der Waals surface area contributed by atoms with Gasteiger partial charge in [0.05, 0.1) is 22.1 Å². The second kappa shape index (κ2) is 10.3. The molecule has 4 heterocycles. The van der Waals surface area contributed by atoms with Gasteiger partial charge in [0.15, 0.2) is 17.5 Å². The Bertz CT molecular complexity index is 2680. The van der Waals surface area contributed by atoms with Gasteiger partial charge in [-0.3, -0.25) is 4.57 Å². The molecule has 0 saturated heterocycles. The van der Waals surface area contributed by atoms with Gasteiger partial charge in [-0.2, -0.15) is 0 Å². The van der Waals surface area contributed by atoms with E-state index >= 15 is 0 Å². The van der Waals surface area contributed by atoms with Crippen molar-refractivity contribution in [2.75, 3.05) is 0 Å². The molecule has 0 unspecified atom stereocenters. The Morgan fingerprint density at radius 1 is 0.531 bits per heavy atom. The van der Waals surface area contributed by atoms with Crippen LogP contribution in [-0.2, 0) is 5.41 Å². The van der Waals surface area contributed by atoms with Crippen molar-refractivity contribution >= 4 is 33.0 Å². The third-order valence-corrected chi connectivity index (χ3v) is 9.81.